The number of nitrogens with zero attached hydrogens (tertiary/aromatic N) is 3. The number of pyridine rings is 1. The lowest BCUT2D eigenvalue weighted by molar-refractivity contribution is 0.573. The zero-order valence-corrected chi connectivity index (χ0v) is 12.2. The van der Waals surface area contributed by atoms with E-state index < -0.39 is 10.0 Å². The van der Waals surface area contributed by atoms with E-state index in [0.717, 1.165) is 11.3 Å². The van der Waals surface area contributed by atoms with Gasteiger partial charge in [-0.2, -0.15) is 5.10 Å². The lowest BCUT2D eigenvalue weighted by Crippen LogP contribution is -2.25. The van der Waals surface area contributed by atoms with Crippen LogP contribution in [-0.2, 0) is 30.2 Å². The van der Waals surface area contributed by atoms with Gasteiger partial charge in [-0.1, -0.05) is 6.07 Å². The Morgan fingerprint density at radius 3 is 2.60 bits per heavy atom. The van der Waals surface area contributed by atoms with E-state index >= 15 is 0 Å². The fourth-order valence-electron chi connectivity index (χ4n) is 1.70. The smallest absolute Gasteiger partial charge is 0.258 e. The standard InChI is InChI=1S/C12H17N5O2S/c1-13-7-10-3-4-12(14-8-10)20(18,19)16-9-11-5-6-15-17(11)2/h3-6,8,13,16H,7,9H2,1-2H3. The van der Waals surface area contributed by atoms with Gasteiger partial charge >= 0.3 is 0 Å². The molecule has 0 radical (unpaired) electrons. The van der Waals surface area contributed by atoms with Crippen molar-refractivity contribution in [2.75, 3.05) is 7.05 Å². The molecule has 2 rings (SSSR count). The predicted molar refractivity (Wildman–Crippen MR) is 74.2 cm³/mol. The first kappa shape index (κ1) is 14.6. The van der Waals surface area contributed by atoms with E-state index in [1.807, 2.05) is 7.05 Å². The Morgan fingerprint density at radius 1 is 1.25 bits per heavy atom. The number of hydrogen-bond donors (Lipinski definition) is 2. The monoisotopic (exact) mass is 295 g/mol. The van der Waals surface area contributed by atoms with Crippen LogP contribution in [0.4, 0.5) is 0 Å². The SMILES string of the molecule is CNCc1ccc(S(=O)(=O)NCc2ccnn2C)nc1. The molecular weight excluding hydrogens is 278 g/mol. The number of rotatable bonds is 6. The van der Waals surface area contributed by atoms with Gasteiger partial charge in [-0.05, 0) is 24.7 Å². The molecule has 0 aliphatic rings. The minimum absolute atomic E-state index is 0.0134. The molecule has 8 heteroatoms. The van der Waals surface area contributed by atoms with Crippen molar-refractivity contribution >= 4 is 10.0 Å². The highest BCUT2D eigenvalue weighted by Crippen LogP contribution is 2.07. The van der Waals surface area contributed by atoms with Crippen molar-refractivity contribution in [1.82, 2.24) is 24.8 Å². The number of sulfonamides is 1. The fourth-order valence-corrected chi connectivity index (χ4v) is 2.62. The minimum Gasteiger partial charge on any atom is -0.316 e. The molecule has 0 amide bonds. The van der Waals surface area contributed by atoms with Crippen LogP contribution in [0.2, 0.25) is 0 Å². The van der Waals surface area contributed by atoms with Gasteiger partial charge in [0.05, 0.1) is 12.2 Å². The third kappa shape index (κ3) is 3.41. The largest absolute Gasteiger partial charge is 0.316 e. The average molecular weight is 295 g/mol. The fraction of sp³-hybridized carbons (Fsp3) is 0.333. The normalized spacial score (nSPS) is 11.7. The highest BCUT2D eigenvalue weighted by Gasteiger charge is 2.15. The summed E-state index contributed by atoms with van der Waals surface area (Å²) in [6, 6.07) is 4.99. The predicted octanol–water partition coefficient (Wildman–Crippen LogP) is 0.0130. The molecule has 0 saturated heterocycles. The van der Waals surface area contributed by atoms with Gasteiger partial charge in [0.25, 0.3) is 10.0 Å². The van der Waals surface area contributed by atoms with E-state index in [9.17, 15) is 8.42 Å². The molecule has 2 heterocycles. The second kappa shape index (κ2) is 6.12. The molecule has 0 bridgehead atoms. The molecule has 0 aromatic carbocycles. The van der Waals surface area contributed by atoms with Gasteiger partial charge in [-0.15, -0.1) is 0 Å². The molecular formula is C12H17N5O2S. The van der Waals surface area contributed by atoms with Crippen molar-refractivity contribution in [1.29, 1.82) is 0 Å². The van der Waals surface area contributed by atoms with Crippen LogP contribution in [0.5, 0.6) is 0 Å². The Bertz CT molecular complexity index is 663. The highest BCUT2D eigenvalue weighted by molar-refractivity contribution is 7.89. The first-order chi connectivity index (χ1) is 9.53. The summed E-state index contributed by atoms with van der Waals surface area (Å²) in [6.45, 7) is 0.828. The molecule has 20 heavy (non-hydrogen) atoms. The molecule has 108 valence electrons. The number of aryl methyl sites for hydroxylation is 1. The Balaban J connectivity index is 2.08. The molecule has 2 aromatic heterocycles. The lowest BCUT2D eigenvalue weighted by atomic mass is 10.3. The van der Waals surface area contributed by atoms with Gasteiger partial charge in [0.15, 0.2) is 5.03 Å². The van der Waals surface area contributed by atoms with E-state index in [-0.39, 0.29) is 11.6 Å². The summed E-state index contributed by atoms with van der Waals surface area (Å²) in [4.78, 5) is 3.98. The Hall–Kier alpha value is -1.77. The van der Waals surface area contributed by atoms with E-state index in [1.54, 1.807) is 36.3 Å². The average Bonchev–Trinajstić information content (AvgIpc) is 2.83. The van der Waals surface area contributed by atoms with Crippen molar-refractivity contribution < 1.29 is 8.42 Å². The van der Waals surface area contributed by atoms with E-state index in [0.29, 0.717) is 6.54 Å². The molecule has 2 aromatic rings. The topological polar surface area (TPSA) is 88.9 Å². The summed E-state index contributed by atoms with van der Waals surface area (Å²) in [6.07, 6.45) is 3.17. The highest BCUT2D eigenvalue weighted by atomic mass is 32.2. The summed E-state index contributed by atoms with van der Waals surface area (Å²) in [5.74, 6) is 0. The van der Waals surface area contributed by atoms with E-state index in [2.05, 4.69) is 20.1 Å². The van der Waals surface area contributed by atoms with Crippen LogP contribution in [0.15, 0.2) is 35.6 Å². The van der Waals surface area contributed by atoms with Crippen molar-refractivity contribution in [3.05, 3.63) is 41.9 Å². The maximum Gasteiger partial charge on any atom is 0.258 e. The Labute approximate surface area is 118 Å². The van der Waals surface area contributed by atoms with Crippen molar-refractivity contribution in [3.63, 3.8) is 0 Å². The van der Waals surface area contributed by atoms with Crippen LogP contribution in [0.1, 0.15) is 11.3 Å². The van der Waals surface area contributed by atoms with Gasteiger partial charge in [0.1, 0.15) is 0 Å². The first-order valence-electron chi connectivity index (χ1n) is 6.09. The number of nitrogens with one attached hydrogen (secondary N) is 2. The molecule has 0 atom stereocenters. The number of aromatic nitrogens is 3. The van der Waals surface area contributed by atoms with Gasteiger partial charge in [0, 0.05) is 26.0 Å². The molecule has 0 unspecified atom stereocenters. The molecule has 7 nitrogen and oxygen atoms in total. The maximum atomic E-state index is 12.1. The van der Waals surface area contributed by atoms with Crippen LogP contribution in [0.25, 0.3) is 0 Å². The second-order valence-corrected chi connectivity index (χ2v) is 6.02. The minimum atomic E-state index is -3.61. The number of hydrogen-bond acceptors (Lipinski definition) is 5. The van der Waals surface area contributed by atoms with E-state index in [4.69, 9.17) is 0 Å². The first-order valence-corrected chi connectivity index (χ1v) is 7.57. The van der Waals surface area contributed by atoms with Gasteiger partial charge < -0.3 is 5.32 Å². The Kier molecular flexibility index (Phi) is 4.48. The quantitative estimate of drug-likeness (QED) is 0.784. The molecule has 0 aliphatic heterocycles. The van der Waals surface area contributed by atoms with Gasteiger partial charge in [-0.25, -0.2) is 18.1 Å². The van der Waals surface area contributed by atoms with Crippen LogP contribution >= 0.6 is 0 Å². The van der Waals surface area contributed by atoms with Crippen LogP contribution in [-0.4, -0.2) is 30.2 Å². The molecule has 0 aliphatic carbocycles. The van der Waals surface area contributed by atoms with Crippen LogP contribution < -0.4 is 10.0 Å². The van der Waals surface area contributed by atoms with Gasteiger partial charge in [0.2, 0.25) is 0 Å². The summed E-state index contributed by atoms with van der Waals surface area (Å²) in [7, 11) is -0.0296. The van der Waals surface area contributed by atoms with Crippen LogP contribution in [0.3, 0.4) is 0 Å². The second-order valence-electron chi connectivity index (χ2n) is 4.31. The Morgan fingerprint density at radius 2 is 2.05 bits per heavy atom. The molecule has 0 fully saturated rings. The third-order valence-corrected chi connectivity index (χ3v) is 4.14. The van der Waals surface area contributed by atoms with E-state index in [1.165, 1.54) is 6.07 Å². The van der Waals surface area contributed by atoms with Crippen molar-refractivity contribution in [2.45, 2.75) is 18.1 Å². The summed E-state index contributed by atoms with van der Waals surface area (Å²) >= 11 is 0. The van der Waals surface area contributed by atoms with Crippen molar-refractivity contribution in [3.8, 4) is 0 Å². The van der Waals surface area contributed by atoms with Gasteiger partial charge in [-0.3, -0.25) is 4.68 Å². The summed E-state index contributed by atoms with van der Waals surface area (Å²) < 4.78 is 28.3. The summed E-state index contributed by atoms with van der Waals surface area (Å²) in [5, 5.41) is 6.97. The third-order valence-electron chi connectivity index (χ3n) is 2.82. The molecule has 0 saturated carbocycles. The maximum absolute atomic E-state index is 12.1. The zero-order valence-electron chi connectivity index (χ0n) is 11.4. The van der Waals surface area contributed by atoms with Crippen molar-refractivity contribution in [2.24, 2.45) is 7.05 Å². The lowest BCUT2D eigenvalue weighted by Gasteiger charge is -2.07. The summed E-state index contributed by atoms with van der Waals surface area (Å²) in [5.41, 5.74) is 1.71. The molecule has 2 N–H and O–H groups in total. The molecule has 0 spiro atoms. The zero-order chi connectivity index (χ0) is 14.6. The van der Waals surface area contributed by atoms with Crippen LogP contribution in [0, 0.1) is 0 Å².